The van der Waals surface area contributed by atoms with Gasteiger partial charge in [-0.3, -0.25) is 0 Å². The number of hydrogen-bond acceptors (Lipinski definition) is 2. The van der Waals surface area contributed by atoms with Crippen LogP contribution in [-0.2, 0) is 4.74 Å². The van der Waals surface area contributed by atoms with Crippen LogP contribution >= 0.6 is 0 Å². The minimum Gasteiger partial charge on any atom is -0.378 e. The molecule has 2 rings (SSSR count). The Labute approximate surface area is 102 Å². The van der Waals surface area contributed by atoms with Gasteiger partial charge in [-0.15, -0.1) is 5.73 Å². The summed E-state index contributed by atoms with van der Waals surface area (Å²) in [5.74, 6) is 1.01. The molecule has 0 N–H and O–H groups in total. The Morgan fingerprint density at radius 1 is 1.35 bits per heavy atom. The highest BCUT2D eigenvalue weighted by Crippen LogP contribution is 2.23. The van der Waals surface area contributed by atoms with Gasteiger partial charge < -0.3 is 9.64 Å². The summed E-state index contributed by atoms with van der Waals surface area (Å²) in [6.45, 7) is 5.33. The Morgan fingerprint density at radius 2 is 2.06 bits per heavy atom. The van der Waals surface area contributed by atoms with E-state index in [9.17, 15) is 5.73 Å². The number of rotatable bonds is 2. The maximum atomic E-state index is 9.70. The van der Waals surface area contributed by atoms with Crippen LogP contribution in [-0.4, -0.2) is 37.0 Å². The molecule has 0 amide bonds. The minimum absolute atomic E-state index is 0.228. The molecule has 1 aliphatic heterocycles. The molecule has 17 heavy (non-hydrogen) atoms. The second kappa shape index (κ2) is 5.68. The van der Waals surface area contributed by atoms with E-state index >= 15 is 0 Å². The predicted molar refractivity (Wildman–Crippen MR) is 68.0 cm³/mol. The lowest BCUT2D eigenvalue weighted by Gasteiger charge is -2.29. The van der Waals surface area contributed by atoms with Crippen LogP contribution < -0.4 is 5.73 Å². The van der Waals surface area contributed by atoms with Crippen LogP contribution in [0.3, 0.4) is 0 Å². The first-order chi connectivity index (χ1) is 8.31. The third kappa shape index (κ3) is 2.97. The van der Waals surface area contributed by atoms with E-state index < -0.39 is 0 Å². The first-order valence-electron chi connectivity index (χ1n) is 5.99. The van der Waals surface area contributed by atoms with Gasteiger partial charge in [0.1, 0.15) is 11.5 Å². The summed E-state index contributed by atoms with van der Waals surface area (Å²) >= 11 is 0. The molecule has 2 radical (unpaired) electrons. The maximum absolute atomic E-state index is 9.70. The zero-order chi connectivity index (χ0) is 12.1. The molecule has 1 aliphatic rings. The van der Waals surface area contributed by atoms with Crippen molar-refractivity contribution in [2.75, 3.05) is 26.3 Å². The molecule has 4 heteroatoms. The highest BCUT2D eigenvalue weighted by molar-refractivity contribution is 5.86. The van der Waals surface area contributed by atoms with E-state index in [1.54, 1.807) is 12.1 Å². The van der Waals surface area contributed by atoms with Gasteiger partial charge in [-0.25, -0.2) is 4.99 Å². The fourth-order valence-electron chi connectivity index (χ4n) is 1.89. The van der Waals surface area contributed by atoms with Crippen LogP contribution in [0.25, 0.3) is 0 Å². The molecular formula is C13H17N3O. The van der Waals surface area contributed by atoms with Crippen LogP contribution in [0.4, 0.5) is 11.4 Å². The van der Waals surface area contributed by atoms with Crippen molar-refractivity contribution in [2.45, 2.75) is 13.3 Å². The van der Waals surface area contributed by atoms with Gasteiger partial charge in [0.2, 0.25) is 0 Å². The number of ether oxygens (including phenoxy) is 1. The monoisotopic (exact) mass is 231 g/mol. The Kier molecular flexibility index (Phi) is 3.98. The van der Waals surface area contributed by atoms with E-state index in [4.69, 9.17) is 4.74 Å². The number of hydrogen-bond donors (Lipinski definition) is 0. The second-order valence-corrected chi connectivity index (χ2v) is 3.97. The fourth-order valence-corrected chi connectivity index (χ4v) is 1.89. The predicted octanol–water partition coefficient (Wildman–Crippen LogP) is 2.16. The van der Waals surface area contributed by atoms with Gasteiger partial charge in [0, 0.05) is 19.5 Å². The number of nitrogens with zero attached hydrogens (tertiary/aromatic N) is 3. The number of para-hydroxylation sites is 1. The van der Waals surface area contributed by atoms with Crippen molar-refractivity contribution in [1.29, 1.82) is 0 Å². The molecule has 0 aliphatic carbocycles. The first-order valence-corrected chi connectivity index (χ1v) is 5.99. The number of morpholine rings is 1. The van der Waals surface area contributed by atoms with Crippen molar-refractivity contribution in [3.8, 4) is 0 Å². The Morgan fingerprint density at radius 3 is 2.71 bits per heavy atom. The van der Waals surface area contributed by atoms with Crippen molar-refractivity contribution >= 4 is 17.2 Å². The van der Waals surface area contributed by atoms with Crippen molar-refractivity contribution in [3.05, 3.63) is 24.3 Å². The van der Waals surface area contributed by atoms with Gasteiger partial charge in [0.15, 0.2) is 0 Å². The highest BCUT2D eigenvalue weighted by Gasteiger charge is 2.14. The minimum atomic E-state index is 0.228. The van der Waals surface area contributed by atoms with Crippen LogP contribution in [0.1, 0.15) is 13.3 Å². The molecule has 0 aromatic heterocycles. The average molecular weight is 231 g/mol. The van der Waals surface area contributed by atoms with E-state index in [-0.39, 0.29) is 5.69 Å². The zero-order valence-corrected chi connectivity index (χ0v) is 10.1. The van der Waals surface area contributed by atoms with E-state index in [1.807, 2.05) is 12.1 Å². The van der Waals surface area contributed by atoms with Crippen molar-refractivity contribution in [1.82, 2.24) is 10.6 Å². The molecule has 1 heterocycles. The maximum Gasteiger partial charge on any atom is 0.111 e. The Bertz CT molecular complexity index is 397. The second-order valence-electron chi connectivity index (χ2n) is 3.97. The van der Waals surface area contributed by atoms with E-state index in [0.717, 1.165) is 38.6 Å². The van der Waals surface area contributed by atoms with Crippen molar-refractivity contribution in [3.63, 3.8) is 0 Å². The lowest BCUT2D eigenvalue weighted by Crippen LogP contribution is -2.40. The first kappa shape index (κ1) is 11.9. The summed E-state index contributed by atoms with van der Waals surface area (Å²) in [5, 5.41) is 0. The molecule has 0 spiro atoms. The van der Waals surface area contributed by atoms with Gasteiger partial charge in [-0.2, -0.15) is 0 Å². The zero-order valence-electron chi connectivity index (χ0n) is 10.1. The molecule has 1 saturated heterocycles. The highest BCUT2D eigenvalue weighted by atomic mass is 16.5. The SMILES string of the molecule is CCC(=Nc1ccccc1[N])N1CCOCC1. The Hall–Kier alpha value is -1.55. The molecule has 0 atom stereocenters. The summed E-state index contributed by atoms with van der Waals surface area (Å²) in [6, 6.07) is 7.16. The topological polar surface area (TPSA) is 47.1 Å². The fraction of sp³-hybridized carbons (Fsp3) is 0.462. The van der Waals surface area contributed by atoms with Crippen molar-refractivity contribution < 1.29 is 4.74 Å². The lowest BCUT2D eigenvalue weighted by atomic mass is 10.2. The Balaban J connectivity index is 2.19. The third-order valence-corrected chi connectivity index (χ3v) is 2.82. The van der Waals surface area contributed by atoms with E-state index in [2.05, 4.69) is 16.8 Å². The van der Waals surface area contributed by atoms with Crippen LogP contribution in [0.2, 0.25) is 0 Å². The van der Waals surface area contributed by atoms with Crippen LogP contribution in [0.5, 0.6) is 0 Å². The van der Waals surface area contributed by atoms with E-state index in [1.165, 1.54) is 0 Å². The van der Waals surface area contributed by atoms with Crippen LogP contribution in [0.15, 0.2) is 29.3 Å². The molecule has 1 aromatic carbocycles. The van der Waals surface area contributed by atoms with Gasteiger partial charge in [-0.1, -0.05) is 19.1 Å². The normalized spacial score (nSPS) is 17.2. The van der Waals surface area contributed by atoms with Gasteiger partial charge >= 0.3 is 0 Å². The molecule has 1 fully saturated rings. The largest absolute Gasteiger partial charge is 0.378 e. The van der Waals surface area contributed by atoms with Gasteiger partial charge in [0.05, 0.1) is 18.9 Å². The molecule has 1 aromatic rings. The lowest BCUT2D eigenvalue weighted by molar-refractivity contribution is 0.0673. The molecule has 0 bridgehead atoms. The van der Waals surface area contributed by atoms with Gasteiger partial charge in [0.25, 0.3) is 0 Å². The number of benzene rings is 1. The quantitative estimate of drug-likeness (QED) is 0.578. The summed E-state index contributed by atoms with van der Waals surface area (Å²) in [5.41, 5.74) is 10.6. The van der Waals surface area contributed by atoms with E-state index in [0.29, 0.717) is 5.69 Å². The standard InChI is InChI=1S/C13H17N3O/c1-2-13(16-7-9-17-10-8-16)15-12-6-4-3-5-11(12)14/h3-6H,2,7-10H2,1H3. The molecule has 0 saturated carbocycles. The smallest absolute Gasteiger partial charge is 0.111 e. The van der Waals surface area contributed by atoms with Crippen molar-refractivity contribution in [2.24, 2.45) is 4.99 Å². The average Bonchev–Trinajstić information content (AvgIpc) is 2.39. The summed E-state index contributed by atoms with van der Waals surface area (Å²) < 4.78 is 5.32. The summed E-state index contributed by atoms with van der Waals surface area (Å²) in [6.07, 6.45) is 0.855. The number of aliphatic imine (C=N–C) groups is 1. The summed E-state index contributed by atoms with van der Waals surface area (Å²) in [7, 11) is 0. The van der Waals surface area contributed by atoms with Gasteiger partial charge in [-0.05, 0) is 12.1 Å². The molecule has 0 unspecified atom stereocenters. The third-order valence-electron chi connectivity index (χ3n) is 2.82. The molecule has 90 valence electrons. The molecular weight excluding hydrogens is 214 g/mol. The van der Waals surface area contributed by atoms with Crippen LogP contribution in [0, 0.1) is 0 Å². The number of amidine groups is 1. The summed E-state index contributed by atoms with van der Waals surface area (Å²) in [4.78, 5) is 6.76. The molecule has 4 nitrogen and oxygen atoms in total.